The standard InChI is InChI=1S/C13H14FN3O2S/c1-9(6-10-2-4-11(14)5-3-10)17-8-15-16-13(17)20-7-12(18)19/h2-5,8-9H,6-7H2,1H3,(H,18,19). The van der Waals surface area contributed by atoms with Crippen LogP contribution < -0.4 is 0 Å². The normalized spacial score (nSPS) is 12.3. The maximum Gasteiger partial charge on any atom is 0.313 e. The zero-order valence-electron chi connectivity index (χ0n) is 10.9. The lowest BCUT2D eigenvalue weighted by Gasteiger charge is -2.14. The molecule has 0 fully saturated rings. The summed E-state index contributed by atoms with van der Waals surface area (Å²) in [6.07, 6.45) is 2.28. The van der Waals surface area contributed by atoms with E-state index in [0.29, 0.717) is 11.6 Å². The second-order valence-corrected chi connectivity index (χ2v) is 5.33. The van der Waals surface area contributed by atoms with E-state index in [2.05, 4.69) is 10.2 Å². The van der Waals surface area contributed by atoms with Crippen LogP contribution in [-0.2, 0) is 11.2 Å². The molecular formula is C13H14FN3O2S. The average Bonchev–Trinajstić information content (AvgIpc) is 2.87. The minimum atomic E-state index is -0.893. The Labute approximate surface area is 119 Å². The molecule has 5 nitrogen and oxygen atoms in total. The fraction of sp³-hybridized carbons (Fsp3) is 0.308. The highest BCUT2D eigenvalue weighted by atomic mass is 32.2. The number of aromatic nitrogens is 3. The Bertz CT molecular complexity index is 586. The first-order valence-corrected chi connectivity index (χ1v) is 7.03. The molecule has 0 aliphatic carbocycles. The third kappa shape index (κ3) is 3.80. The summed E-state index contributed by atoms with van der Waals surface area (Å²) >= 11 is 1.13. The second kappa shape index (κ2) is 6.51. The van der Waals surface area contributed by atoms with Crippen molar-refractivity contribution in [1.29, 1.82) is 0 Å². The zero-order chi connectivity index (χ0) is 14.5. The van der Waals surface area contributed by atoms with Crippen molar-refractivity contribution in [3.8, 4) is 0 Å². The lowest BCUT2D eigenvalue weighted by molar-refractivity contribution is -0.133. The number of benzene rings is 1. The van der Waals surface area contributed by atoms with Crippen molar-refractivity contribution in [1.82, 2.24) is 14.8 Å². The lowest BCUT2D eigenvalue weighted by atomic mass is 10.1. The van der Waals surface area contributed by atoms with Crippen LogP contribution in [0.15, 0.2) is 35.7 Å². The van der Waals surface area contributed by atoms with Gasteiger partial charge in [-0.2, -0.15) is 0 Å². The van der Waals surface area contributed by atoms with Crippen LogP contribution in [0.1, 0.15) is 18.5 Å². The summed E-state index contributed by atoms with van der Waals surface area (Å²) in [4.78, 5) is 10.6. The molecule has 0 bridgehead atoms. The molecule has 0 saturated heterocycles. The van der Waals surface area contributed by atoms with Crippen molar-refractivity contribution in [2.75, 3.05) is 5.75 Å². The minimum Gasteiger partial charge on any atom is -0.481 e. The Morgan fingerprint density at radius 1 is 1.45 bits per heavy atom. The molecule has 0 saturated carbocycles. The van der Waals surface area contributed by atoms with Gasteiger partial charge in [-0.3, -0.25) is 4.79 Å². The van der Waals surface area contributed by atoms with E-state index in [1.807, 2.05) is 11.5 Å². The smallest absolute Gasteiger partial charge is 0.313 e. The third-order valence-electron chi connectivity index (χ3n) is 2.78. The summed E-state index contributed by atoms with van der Waals surface area (Å²) in [7, 11) is 0. The minimum absolute atomic E-state index is 0.0536. The number of aliphatic carboxylic acids is 1. The lowest BCUT2D eigenvalue weighted by Crippen LogP contribution is -2.10. The Hall–Kier alpha value is -1.89. The summed E-state index contributed by atoms with van der Waals surface area (Å²) in [5.74, 6) is -1.21. The number of carbonyl (C=O) groups is 1. The molecule has 1 atom stereocenters. The van der Waals surface area contributed by atoms with Crippen molar-refractivity contribution in [3.05, 3.63) is 42.0 Å². The highest BCUT2D eigenvalue weighted by molar-refractivity contribution is 7.99. The van der Waals surface area contributed by atoms with E-state index in [1.54, 1.807) is 18.5 Å². The topological polar surface area (TPSA) is 68.0 Å². The van der Waals surface area contributed by atoms with E-state index >= 15 is 0 Å². The molecular weight excluding hydrogens is 281 g/mol. The molecule has 2 aromatic rings. The van der Waals surface area contributed by atoms with Gasteiger partial charge >= 0.3 is 5.97 Å². The van der Waals surface area contributed by atoms with Crippen molar-refractivity contribution in [2.24, 2.45) is 0 Å². The summed E-state index contributed by atoms with van der Waals surface area (Å²) in [5, 5.41) is 17.0. The predicted octanol–water partition coefficient (Wildman–Crippen LogP) is 2.40. The first kappa shape index (κ1) is 14.5. The van der Waals surface area contributed by atoms with Crippen LogP contribution >= 0.6 is 11.8 Å². The van der Waals surface area contributed by atoms with Gasteiger partial charge in [-0.1, -0.05) is 23.9 Å². The van der Waals surface area contributed by atoms with Crippen LogP contribution in [0.25, 0.3) is 0 Å². The fourth-order valence-corrected chi connectivity index (χ4v) is 2.56. The summed E-state index contributed by atoms with van der Waals surface area (Å²) < 4.78 is 14.7. The second-order valence-electron chi connectivity index (χ2n) is 4.38. The molecule has 7 heteroatoms. The van der Waals surface area contributed by atoms with E-state index in [4.69, 9.17) is 5.11 Å². The molecule has 1 heterocycles. The molecule has 2 rings (SSSR count). The van der Waals surface area contributed by atoms with Crippen molar-refractivity contribution >= 4 is 17.7 Å². The van der Waals surface area contributed by atoms with Gasteiger partial charge in [0.05, 0.1) is 5.75 Å². The van der Waals surface area contributed by atoms with Crippen molar-refractivity contribution < 1.29 is 14.3 Å². The molecule has 1 aromatic carbocycles. The average molecular weight is 295 g/mol. The summed E-state index contributed by atoms with van der Waals surface area (Å²) in [6.45, 7) is 1.98. The van der Waals surface area contributed by atoms with Gasteiger partial charge in [0.25, 0.3) is 0 Å². The van der Waals surface area contributed by atoms with E-state index in [1.165, 1.54) is 12.1 Å². The first-order valence-electron chi connectivity index (χ1n) is 6.05. The Morgan fingerprint density at radius 2 is 2.15 bits per heavy atom. The molecule has 1 N–H and O–H groups in total. The Kier molecular flexibility index (Phi) is 4.73. The van der Waals surface area contributed by atoms with Crippen LogP contribution in [0, 0.1) is 5.82 Å². The highest BCUT2D eigenvalue weighted by Gasteiger charge is 2.13. The first-order chi connectivity index (χ1) is 9.56. The molecule has 0 aliphatic heterocycles. The quantitative estimate of drug-likeness (QED) is 0.829. The van der Waals surface area contributed by atoms with Gasteiger partial charge in [0, 0.05) is 6.04 Å². The maximum atomic E-state index is 12.9. The van der Waals surface area contributed by atoms with Gasteiger partial charge in [-0.15, -0.1) is 10.2 Å². The number of halogens is 1. The fourth-order valence-electron chi connectivity index (χ4n) is 1.82. The van der Waals surface area contributed by atoms with Crippen LogP contribution in [0.4, 0.5) is 4.39 Å². The summed E-state index contributed by atoms with van der Waals surface area (Å²) in [5.41, 5.74) is 1.00. The molecule has 1 unspecified atom stereocenters. The van der Waals surface area contributed by atoms with Crippen LogP contribution in [-0.4, -0.2) is 31.6 Å². The van der Waals surface area contributed by atoms with Gasteiger partial charge in [0.1, 0.15) is 12.1 Å². The SMILES string of the molecule is CC(Cc1ccc(F)cc1)n1cnnc1SCC(=O)O. The van der Waals surface area contributed by atoms with Crippen LogP contribution in [0.2, 0.25) is 0 Å². The van der Waals surface area contributed by atoms with Crippen LogP contribution in [0.5, 0.6) is 0 Å². The zero-order valence-corrected chi connectivity index (χ0v) is 11.7. The molecule has 0 aliphatic rings. The number of rotatable bonds is 6. The number of hydrogen-bond donors (Lipinski definition) is 1. The van der Waals surface area contributed by atoms with Gasteiger partial charge in [-0.05, 0) is 31.0 Å². The van der Waals surface area contributed by atoms with E-state index in [-0.39, 0.29) is 17.6 Å². The monoisotopic (exact) mass is 295 g/mol. The van der Waals surface area contributed by atoms with Gasteiger partial charge in [0.15, 0.2) is 5.16 Å². The number of carboxylic acid groups (broad SMARTS) is 1. The third-order valence-corrected chi connectivity index (χ3v) is 3.73. The van der Waals surface area contributed by atoms with E-state index < -0.39 is 5.97 Å². The Balaban J connectivity index is 2.05. The van der Waals surface area contributed by atoms with Crippen molar-refractivity contribution in [2.45, 2.75) is 24.5 Å². The van der Waals surface area contributed by atoms with E-state index in [0.717, 1.165) is 17.3 Å². The number of hydrogen-bond acceptors (Lipinski definition) is 4. The van der Waals surface area contributed by atoms with Gasteiger partial charge in [0.2, 0.25) is 0 Å². The van der Waals surface area contributed by atoms with E-state index in [9.17, 15) is 9.18 Å². The van der Waals surface area contributed by atoms with Gasteiger partial charge < -0.3 is 9.67 Å². The molecule has 0 radical (unpaired) electrons. The highest BCUT2D eigenvalue weighted by Crippen LogP contribution is 2.21. The predicted molar refractivity (Wildman–Crippen MR) is 73.2 cm³/mol. The largest absolute Gasteiger partial charge is 0.481 e. The molecule has 106 valence electrons. The molecule has 0 amide bonds. The molecule has 1 aromatic heterocycles. The maximum absolute atomic E-state index is 12.9. The van der Waals surface area contributed by atoms with Crippen molar-refractivity contribution in [3.63, 3.8) is 0 Å². The number of nitrogens with zero attached hydrogens (tertiary/aromatic N) is 3. The Morgan fingerprint density at radius 3 is 2.80 bits per heavy atom. The van der Waals surface area contributed by atoms with Gasteiger partial charge in [-0.25, -0.2) is 4.39 Å². The summed E-state index contributed by atoms with van der Waals surface area (Å²) in [6, 6.07) is 6.38. The van der Waals surface area contributed by atoms with Crippen LogP contribution in [0.3, 0.4) is 0 Å². The number of thioether (sulfide) groups is 1. The number of carboxylic acids is 1. The molecule has 0 spiro atoms. The molecule has 20 heavy (non-hydrogen) atoms.